The van der Waals surface area contributed by atoms with Gasteiger partial charge in [-0.15, -0.1) is 0 Å². The van der Waals surface area contributed by atoms with Gasteiger partial charge in [0, 0.05) is 6.20 Å². The van der Waals surface area contributed by atoms with Crippen LogP contribution in [0.3, 0.4) is 0 Å². The Labute approximate surface area is 168 Å². The summed E-state index contributed by atoms with van der Waals surface area (Å²) in [6.07, 6.45) is 2.10. The van der Waals surface area contributed by atoms with Crippen LogP contribution in [0, 0.1) is 0 Å². The number of rotatable bonds is 7. The summed E-state index contributed by atoms with van der Waals surface area (Å²) in [6, 6.07) is 22.4. The van der Waals surface area contributed by atoms with Gasteiger partial charge >= 0.3 is 5.97 Å². The van der Waals surface area contributed by atoms with Crippen molar-refractivity contribution in [1.29, 1.82) is 0 Å². The van der Waals surface area contributed by atoms with E-state index in [2.05, 4.69) is 10.3 Å². The molecule has 0 saturated heterocycles. The van der Waals surface area contributed by atoms with Crippen LogP contribution in [0.1, 0.15) is 27.5 Å². The fourth-order valence-electron chi connectivity index (χ4n) is 2.77. The summed E-state index contributed by atoms with van der Waals surface area (Å²) in [4.78, 5) is 28.3. The van der Waals surface area contributed by atoms with E-state index in [-0.39, 0.29) is 16.8 Å². The molecule has 1 amide bonds. The Morgan fingerprint density at radius 2 is 1.64 bits per heavy atom. The molecule has 6 heteroatoms. The van der Waals surface area contributed by atoms with E-state index in [4.69, 9.17) is 16.3 Å². The summed E-state index contributed by atoms with van der Waals surface area (Å²) in [7, 11) is 0. The first-order valence-corrected chi connectivity index (χ1v) is 9.17. The molecule has 3 aromatic rings. The highest BCUT2D eigenvalue weighted by molar-refractivity contribution is 6.32. The highest BCUT2D eigenvalue weighted by atomic mass is 35.5. The van der Waals surface area contributed by atoms with Gasteiger partial charge in [0.2, 0.25) is 0 Å². The van der Waals surface area contributed by atoms with Crippen molar-refractivity contribution in [2.24, 2.45) is 0 Å². The predicted molar refractivity (Wildman–Crippen MR) is 107 cm³/mol. The number of pyridine rings is 1. The predicted octanol–water partition coefficient (Wildman–Crippen LogP) is 3.99. The van der Waals surface area contributed by atoms with Gasteiger partial charge < -0.3 is 10.1 Å². The number of hydrogen-bond donors (Lipinski definition) is 1. The molecule has 0 aliphatic heterocycles. The molecule has 0 saturated carbocycles. The molecular weight excluding hydrogens is 376 g/mol. The van der Waals surface area contributed by atoms with E-state index in [1.807, 2.05) is 60.7 Å². The van der Waals surface area contributed by atoms with Crippen molar-refractivity contribution in [2.75, 3.05) is 6.61 Å². The van der Waals surface area contributed by atoms with Crippen LogP contribution in [-0.2, 0) is 16.0 Å². The maximum atomic E-state index is 12.4. The first-order valence-electron chi connectivity index (χ1n) is 8.79. The normalized spacial score (nSPS) is 11.5. The molecule has 28 heavy (non-hydrogen) atoms. The molecule has 142 valence electrons. The zero-order valence-electron chi connectivity index (χ0n) is 15.0. The van der Waals surface area contributed by atoms with Gasteiger partial charge in [-0.05, 0) is 29.7 Å². The third kappa shape index (κ3) is 5.41. The molecule has 0 fully saturated rings. The number of ether oxygens (including phenoxy) is 1. The van der Waals surface area contributed by atoms with Crippen molar-refractivity contribution in [1.82, 2.24) is 10.3 Å². The number of carbonyl (C=O) groups is 2. The van der Waals surface area contributed by atoms with Crippen molar-refractivity contribution in [3.63, 3.8) is 0 Å². The fourth-order valence-corrected chi connectivity index (χ4v) is 2.97. The molecule has 0 bridgehead atoms. The quantitative estimate of drug-likeness (QED) is 0.486. The summed E-state index contributed by atoms with van der Waals surface area (Å²) in [5.74, 6) is -1.08. The van der Waals surface area contributed by atoms with Crippen molar-refractivity contribution in [3.8, 4) is 0 Å². The lowest BCUT2D eigenvalue weighted by atomic mass is 9.99. The topological polar surface area (TPSA) is 68.3 Å². The lowest BCUT2D eigenvalue weighted by Gasteiger charge is -2.19. The van der Waals surface area contributed by atoms with E-state index < -0.39 is 18.5 Å². The molecular formula is C22H19ClN2O3. The van der Waals surface area contributed by atoms with E-state index in [0.29, 0.717) is 6.42 Å². The Balaban J connectivity index is 1.64. The number of nitrogens with zero attached hydrogens (tertiary/aromatic N) is 1. The molecule has 3 rings (SSSR count). The lowest BCUT2D eigenvalue weighted by Crippen LogP contribution is -2.33. The van der Waals surface area contributed by atoms with E-state index in [9.17, 15) is 9.59 Å². The minimum Gasteiger partial charge on any atom is -0.452 e. The Morgan fingerprint density at radius 1 is 0.964 bits per heavy atom. The molecule has 0 aliphatic rings. The Kier molecular flexibility index (Phi) is 6.76. The summed E-state index contributed by atoms with van der Waals surface area (Å²) in [5, 5.41) is 2.98. The second-order valence-electron chi connectivity index (χ2n) is 6.14. The third-order valence-electron chi connectivity index (χ3n) is 4.13. The molecule has 2 aromatic carbocycles. The average Bonchev–Trinajstić information content (AvgIpc) is 2.73. The number of nitrogens with one attached hydrogen (secondary N) is 1. The molecule has 0 unspecified atom stereocenters. The molecule has 1 aromatic heterocycles. The average molecular weight is 395 g/mol. The molecule has 0 spiro atoms. The maximum Gasteiger partial charge on any atom is 0.341 e. The number of carbonyl (C=O) groups excluding carboxylic acids is 2. The lowest BCUT2D eigenvalue weighted by molar-refractivity contribution is -0.125. The minimum atomic E-state index is -0.687. The second-order valence-corrected chi connectivity index (χ2v) is 6.50. The second kappa shape index (κ2) is 9.67. The van der Waals surface area contributed by atoms with Gasteiger partial charge in [-0.25, -0.2) is 9.78 Å². The standard InChI is InChI=1S/C22H19ClN2O3/c23-21-18(12-7-13-24-21)22(27)28-15-20(26)25-19(17-10-5-2-6-11-17)14-16-8-3-1-4-9-16/h1-13,19H,14-15H2,(H,25,26)/t19-/m1/s1. The fraction of sp³-hybridized carbons (Fsp3) is 0.136. The summed E-state index contributed by atoms with van der Waals surface area (Å²) in [6.45, 7) is -0.401. The Morgan fingerprint density at radius 3 is 2.32 bits per heavy atom. The van der Waals surface area contributed by atoms with Crippen LogP contribution in [-0.4, -0.2) is 23.5 Å². The van der Waals surface area contributed by atoms with Crippen LogP contribution in [0.15, 0.2) is 79.0 Å². The molecule has 0 radical (unpaired) electrons. The third-order valence-corrected chi connectivity index (χ3v) is 4.43. The van der Waals surface area contributed by atoms with Crippen molar-refractivity contribution in [2.45, 2.75) is 12.5 Å². The first kappa shape index (κ1) is 19.6. The molecule has 0 aliphatic carbocycles. The molecule has 1 heterocycles. The van der Waals surface area contributed by atoms with Crippen LogP contribution in [0.4, 0.5) is 0 Å². The van der Waals surface area contributed by atoms with Gasteiger partial charge in [-0.2, -0.15) is 0 Å². The van der Waals surface area contributed by atoms with Crippen molar-refractivity contribution < 1.29 is 14.3 Å². The molecule has 1 N–H and O–H groups in total. The van der Waals surface area contributed by atoms with E-state index >= 15 is 0 Å². The first-order chi connectivity index (χ1) is 13.6. The van der Waals surface area contributed by atoms with Gasteiger partial charge in [-0.1, -0.05) is 72.3 Å². The van der Waals surface area contributed by atoms with Gasteiger partial charge in [0.1, 0.15) is 5.15 Å². The van der Waals surface area contributed by atoms with Crippen LogP contribution in [0.5, 0.6) is 0 Å². The number of hydrogen-bond acceptors (Lipinski definition) is 4. The monoisotopic (exact) mass is 394 g/mol. The largest absolute Gasteiger partial charge is 0.452 e. The highest BCUT2D eigenvalue weighted by Gasteiger charge is 2.18. The number of aromatic nitrogens is 1. The van der Waals surface area contributed by atoms with E-state index in [0.717, 1.165) is 11.1 Å². The SMILES string of the molecule is O=C(COC(=O)c1cccnc1Cl)N[C@H](Cc1ccccc1)c1ccccc1. The van der Waals surface area contributed by atoms with Gasteiger partial charge in [0.25, 0.3) is 5.91 Å². The summed E-state index contributed by atoms with van der Waals surface area (Å²) >= 11 is 5.88. The van der Waals surface area contributed by atoms with Crippen LogP contribution in [0.2, 0.25) is 5.15 Å². The van der Waals surface area contributed by atoms with Crippen LogP contribution >= 0.6 is 11.6 Å². The Bertz CT molecular complexity index is 933. The summed E-state index contributed by atoms with van der Waals surface area (Å²) in [5.41, 5.74) is 2.19. The van der Waals surface area contributed by atoms with Crippen molar-refractivity contribution >= 4 is 23.5 Å². The minimum absolute atomic E-state index is 0.0409. The number of benzene rings is 2. The van der Waals surface area contributed by atoms with Crippen molar-refractivity contribution in [3.05, 3.63) is 101 Å². The molecule has 1 atom stereocenters. The maximum absolute atomic E-state index is 12.4. The smallest absolute Gasteiger partial charge is 0.341 e. The zero-order valence-corrected chi connectivity index (χ0v) is 15.8. The van der Waals surface area contributed by atoms with E-state index in [1.165, 1.54) is 12.3 Å². The summed E-state index contributed by atoms with van der Waals surface area (Å²) < 4.78 is 5.08. The number of halogens is 1. The van der Waals surface area contributed by atoms with Gasteiger partial charge in [-0.3, -0.25) is 4.79 Å². The van der Waals surface area contributed by atoms with Crippen LogP contribution < -0.4 is 5.32 Å². The van der Waals surface area contributed by atoms with Gasteiger partial charge in [0.05, 0.1) is 11.6 Å². The van der Waals surface area contributed by atoms with Crippen LogP contribution in [0.25, 0.3) is 0 Å². The van der Waals surface area contributed by atoms with Gasteiger partial charge in [0.15, 0.2) is 6.61 Å². The van der Waals surface area contributed by atoms with E-state index in [1.54, 1.807) is 6.07 Å². The molecule has 5 nitrogen and oxygen atoms in total. The highest BCUT2D eigenvalue weighted by Crippen LogP contribution is 2.18. The Hall–Kier alpha value is -3.18. The number of amides is 1. The zero-order chi connectivity index (χ0) is 19.8. The number of esters is 1.